The lowest BCUT2D eigenvalue weighted by Crippen LogP contribution is -1.96. The Hall–Kier alpha value is -3.39. The molecule has 2 heteroatoms. The lowest BCUT2D eigenvalue weighted by molar-refractivity contribution is 0.101. The van der Waals surface area contributed by atoms with Crippen molar-refractivity contribution in [2.45, 2.75) is 6.92 Å². The average molecular weight is 338 g/mol. The standard InChI is InChI=1S/C24H18O2/c1-17(25)21-13-7-5-11-19(21)15-22(18-9-3-2-4-10-18)24-16-20-12-6-8-14-23(20)26-24/h2-16H,1H3/b22-15-. The monoisotopic (exact) mass is 338 g/mol. The van der Waals surface area contributed by atoms with Crippen LogP contribution in [-0.2, 0) is 0 Å². The molecule has 0 radical (unpaired) electrons. The Labute approximate surface area is 152 Å². The maximum Gasteiger partial charge on any atom is 0.160 e. The van der Waals surface area contributed by atoms with Gasteiger partial charge >= 0.3 is 0 Å². The lowest BCUT2D eigenvalue weighted by atomic mass is 9.97. The van der Waals surface area contributed by atoms with Crippen LogP contribution in [0.1, 0.15) is 34.2 Å². The van der Waals surface area contributed by atoms with Crippen LogP contribution in [0.3, 0.4) is 0 Å². The van der Waals surface area contributed by atoms with Gasteiger partial charge in [0.1, 0.15) is 11.3 Å². The predicted molar refractivity (Wildman–Crippen MR) is 106 cm³/mol. The molecule has 0 spiro atoms. The first-order valence-corrected chi connectivity index (χ1v) is 8.58. The van der Waals surface area contributed by atoms with Crippen molar-refractivity contribution in [2.24, 2.45) is 0 Å². The molecule has 0 aliphatic rings. The van der Waals surface area contributed by atoms with Gasteiger partial charge in [0.15, 0.2) is 5.78 Å². The van der Waals surface area contributed by atoms with Gasteiger partial charge in [-0.25, -0.2) is 0 Å². The zero-order chi connectivity index (χ0) is 17.9. The van der Waals surface area contributed by atoms with E-state index in [1.165, 1.54) is 0 Å². The maximum atomic E-state index is 12.0. The van der Waals surface area contributed by atoms with E-state index in [0.717, 1.165) is 33.4 Å². The Morgan fingerprint density at radius 2 is 1.54 bits per heavy atom. The predicted octanol–water partition coefficient (Wildman–Crippen LogP) is 6.22. The summed E-state index contributed by atoms with van der Waals surface area (Å²) in [6.07, 6.45) is 2.03. The van der Waals surface area contributed by atoms with Crippen molar-refractivity contribution in [3.63, 3.8) is 0 Å². The summed E-state index contributed by atoms with van der Waals surface area (Å²) in [6, 6.07) is 27.8. The Kier molecular flexibility index (Phi) is 4.24. The molecular weight excluding hydrogens is 320 g/mol. The molecule has 0 aliphatic carbocycles. The van der Waals surface area contributed by atoms with Gasteiger partial charge in [0.25, 0.3) is 0 Å². The second-order valence-corrected chi connectivity index (χ2v) is 6.22. The highest BCUT2D eigenvalue weighted by Gasteiger charge is 2.13. The van der Waals surface area contributed by atoms with Gasteiger partial charge in [-0.15, -0.1) is 0 Å². The summed E-state index contributed by atoms with van der Waals surface area (Å²) in [5, 5.41) is 1.06. The topological polar surface area (TPSA) is 30.2 Å². The third kappa shape index (κ3) is 3.09. The zero-order valence-electron chi connectivity index (χ0n) is 14.5. The van der Waals surface area contributed by atoms with E-state index in [4.69, 9.17) is 4.42 Å². The van der Waals surface area contributed by atoms with Crippen LogP contribution in [-0.4, -0.2) is 5.78 Å². The highest BCUT2D eigenvalue weighted by atomic mass is 16.3. The second-order valence-electron chi connectivity index (χ2n) is 6.22. The number of hydrogen-bond donors (Lipinski definition) is 0. The highest BCUT2D eigenvalue weighted by Crippen LogP contribution is 2.31. The largest absolute Gasteiger partial charge is 0.456 e. The van der Waals surface area contributed by atoms with Gasteiger partial charge in [0, 0.05) is 16.5 Å². The number of fused-ring (bicyclic) bond motifs is 1. The molecule has 0 amide bonds. The first kappa shape index (κ1) is 16.1. The minimum Gasteiger partial charge on any atom is -0.456 e. The number of carbonyl (C=O) groups is 1. The van der Waals surface area contributed by atoms with Crippen LogP contribution in [0.4, 0.5) is 0 Å². The van der Waals surface area contributed by atoms with E-state index in [0.29, 0.717) is 5.56 Å². The number of hydrogen-bond acceptors (Lipinski definition) is 2. The van der Waals surface area contributed by atoms with Crippen LogP contribution in [0.2, 0.25) is 0 Å². The van der Waals surface area contributed by atoms with Crippen LogP contribution in [0, 0.1) is 0 Å². The van der Waals surface area contributed by atoms with Crippen molar-refractivity contribution in [3.05, 3.63) is 107 Å². The Balaban J connectivity index is 1.94. The third-order valence-electron chi connectivity index (χ3n) is 4.42. The average Bonchev–Trinajstić information content (AvgIpc) is 3.11. The van der Waals surface area contributed by atoms with Gasteiger partial charge in [-0.3, -0.25) is 4.79 Å². The fourth-order valence-corrected chi connectivity index (χ4v) is 3.13. The Bertz CT molecular complexity index is 1070. The van der Waals surface area contributed by atoms with E-state index in [1.807, 2.05) is 78.9 Å². The third-order valence-corrected chi connectivity index (χ3v) is 4.42. The Morgan fingerprint density at radius 3 is 2.31 bits per heavy atom. The number of rotatable bonds is 4. The summed E-state index contributed by atoms with van der Waals surface area (Å²) in [5.74, 6) is 0.838. The van der Waals surface area contributed by atoms with Crippen LogP contribution in [0.25, 0.3) is 22.6 Å². The number of carbonyl (C=O) groups excluding carboxylic acids is 1. The van der Waals surface area contributed by atoms with E-state index in [-0.39, 0.29) is 5.78 Å². The van der Waals surface area contributed by atoms with Gasteiger partial charge in [0.05, 0.1) is 0 Å². The fraction of sp³-hybridized carbons (Fsp3) is 0.0417. The van der Waals surface area contributed by atoms with E-state index < -0.39 is 0 Å². The second kappa shape index (κ2) is 6.85. The first-order valence-electron chi connectivity index (χ1n) is 8.58. The van der Waals surface area contributed by atoms with Crippen molar-refractivity contribution in [2.75, 3.05) is 0 Å². The molecule has 0 atom stereocenters. The molecule has 2 nitrogen and oxygen atoms in total. The molecule has 4 aromatic rings. The van der Waals surface area contributed by atoms with Crippen LogP contribution in [0.15, 0.2) is 89.3 Å². The molecule has 0 aliphatic heterocycles. The minimum atomic E-state index is 0.0499. The van der Waals surface area contributed by atoms with E-state index in [9.17, 15) is 4.79 Å². The van der Waals surface area contributed by atoms with Gasteiger partial charge in [-0.2, -0.15) is 0 Å². The van der Waals surface area contributed by atoms with E-state index >= 15 is 0 Å². The molecule has 0 saturated carbocycles. The molecule has 0 saturated heterocycles. The molecule has 0 fully saturated rings. The molecule has 4 rings (SSSR count). The lowest BCUT2D eigenvalue weighted by Gasteiger charge is -2.08. The van der Waals surface area contributed by atoms with Gasteiger partial charge in [-0.1, -0.05) is 72.8 Å². The number of furan rings is 1. The normalized spacial score (nSPS) is 11.7. The van der Waals surface area contributed by atoms with Crippen molar-refractivity contribution in [1.29, 1.82) is 0 Å². The Morgan fingerprint density at radius 1 is 0.846 bits per heavy atom. The SMILES string of the molecule is CC(=O)c1ccccc1/C=C(/c1ccccc1)c1cc2ccccc2o1. The number of Topliss-reactive ketones (excluding diaryl/α,β-unsaturated/α-hetero) is 1. The summed E-state index contributed by atoms with van der Waals surface area (Å²) < 4.78 is 6.10. The molecule has 126 valence electrons. The molecule has 1 aromatic heterocycles. The number of ketones is 1. The van der Waals surface area contributed by atoms with Crippen molar-refractivity contribution in [3.8, 4) is 0 Å². The van der Waals surface area contributed by atoms with Gasteiger partial charge < -0.3 is 4.42 Å². The van der Waals surface area contributed by atoms with Crippen LogP contribution in [0.5, 0.6) is 0 Å². The van der Waals surface area contributed by atoms with Crippen molar-refractivity contribution < 1.29 is 9.21 Å². The zero-order valence-corrected chi connectivity index (χ0v) is 14.5. The van der Waals surface area contributed by atoms with Crippen LogP contribution >= 0.6 is 0 Å². The smallest absolute Gasteiger partial charge is 0.160 e. The summed E-state index contributed by atoms with van der Waals surface area (Å²) in [5.41, 5.74) is 4.45. The minimum absolute atomic E-state index is 0.0499. The molecule has 3 aromatic carbocycles. The molecule has 0 bridgehead atoms. The highest BCUT2D eigenvalue weighted by molar-refractivity contribution is 6.01. The quantitative estimate of drug-likeness (QED) is 0.326. The van der Waals surface area contributed by atoms with Gasteiger partial charge in [-0.05, 0) is 36.3 Å². The summed E-state index contributed by atoms with van der Waals surface area (Å²) in [4.78, 5) is 12.0. The fourth-order valence-electron chi connectivity index (χ4n) is 3.13. The summed E-state index contributed by atoms with van der Waals surface area (Å²) >= 11 is 0. The first-order chi connectivity index (χ1) is 12.7. The van der Waals surface area contributed by atoms with E-state index in [1.54, 1.807) is 6.92 Å². The van der Waals surface area contributed by atoms with Gasteiger partial charge in [0.2, 0.25) is 0 Å². The summed E-state index contributed by atoms with van der Waals surface area (Å²) in [7, 11) is 0. The summed E-state index contributed by atoms with van der Waals surface area (Å²) in [6.45, 7) is 1.59. The molecular formula is C24H18O2. The number of benzene rings is 3. The molecule has 0 N–H and O–H groups in total. The van der Waals surface area contributed by atoms with Crippen molar-refractivity contribution >= 4 is 28.4 Å². The molecule has 1 heterocycles. The maximum absolute atomic E-state index is 12.0. The van der Waals surface area contributed by atoms with E-state index in [2.05, 4.69) is 12.1 Å². The van der Waals surface area contributed by atoms with Crippen molar-refractivity contribution in [1.82, 2.24) is 0 Å². The van der Waals surface area contributed by atoms with Crippen LogP contribution < -0.4 is 0 Å². The molecule has 0 unspecified atom stereocenters. The molecule has 26 heavy (non-hydrogen) atoms. The number of para-hydroxylation sites is 1.